The number of nitrogens with zero attached hydrogens (tertiary/aromatic N) is 2. The molecule has 0 fully saturated rings. The Morgan fingerprint density at radius 1 is 1.11 bits per heavy atom. The van der Waals surface area contributed by atoms with Crippen molar-refractivity contribution >= 4 is 17.2 Å². The van der Waals surface area contributed by atoms with E-state index in [1.165, 1.54) is 16.7 Å². The minimum absolute atomic E-state index is 0.715. The molecule has 2 nitrogen and oxygen atoms in total. The molecule has 0 N–H and O–H groups in total. The summed E-state index contributed by atoms with van der Waals surface area (Å²) in [5, 5.41) is 0.715. The quantitative estimate of drug-likeness (QED) is 0.636. The van der Waals surface area contributed by atoms with E-state index in [9.17, 15) is 0 Å². The van der Waals surface area contributed by atoms with Gasteiger partial charge < -0.3 is 0 Å². The van der Waals surface area contributed by atoms with Crippen LogP contribution in [0.2, 0.25) is 5.02 Å². The monoisotopic (exact) mass is 256 g/mol. The highest BCUT2D eigenvalue weighted by Gasteiger charge is 2.08. The highest BCUT2D eigenvalue weighted by Crippen LogP contribution is 2.26. The first-order valence-electron chi connectivity index (χ1n) is 5.85. The molecule has 3 aromatic rings. The minimum atomic E-state index is 0.715. The van der Waals surface area contributed by atoms with Crippen molar-refractivity contribution in [3.63, 3.8) is 0 Å². The third-order valence-corrected chi connectivity index (χ3v) is 3.36. The Hall–Kier alpha value is -1.80. The van der Waals surface area contributed by atoms with E-state index in [2.05, 4.69) is 37.0 Å². The van der Waals surface area contributed by atoms with E-state index in [1.54, 1.807) is 0 Å². The number of aryl methyl sites for hydroxylation is 2. The van der Waals surface area contributed by atoms with Crippen molar-refractivity contribution in [1.29, 1.82) is 0 Å². The van der Waals surface area contributed by atoms with E-state index in [4.69, 9.17) is 11.6 Å². The van der Waals surface area contributed by atoms with E-state index in [0.29, 0.717) is 5.02 Å². The third-order valence-electron chi connectivity index (χ3n) is 3.14. The van der Waals surface area contributed by atoms with Gasteiger partial charge in [0.05, 0.1) is 16.9 Å². The van der Waals surface area contributed by atoms with Crippen molar-refractivity contribution in [1.82, 2.24) is 9.38 Å². The van der Waals surface area contributed by atoms with Crippen LogP contribution in [0.15, 0.2) is 42.7 Å². The van der Waals surface area contributed by atoms with Crippen molar-refractivity contribution in [2.75, 3.05) is 0 Å². The molecule has 3 heteroatoms. The van der Waals surface area contributed by atoms with E-state index in [1.807, 2.05) is 28.9 Å². The van der Waals surface area contributed by atoms with Gasteiger partial charge in [-0.15, -0.1) is 0 Å². The van der Waals surface area contributed by atoms with E-state index in [-0.39, 0.29) is 0 Å². The molecule has 0 aliphatic heterocycles. The Bertz CT molecular complexity index is 728. The normalized spacial score (nSPS) is 11.1. The summed E-state index contributed by atoms with van der Waals surface area (Å²) in [7, 11) is 0. The van der Waals surface area contributed by atoms with Crippen LogP contribution in [0.1, 0.15) is 11.1 Å². The predicted molar refractivity (Wildman–Crippen MR) is 75.1 cm³/mol. The minimum Gasteiger partial charge on any atom is -0.298 e. The number of pyridine rings is 1. The smallest absolute Gasteiger partial charge is 0.137 e. The number of imidazole rings is 1. The zero-order valence-electron chi connectivity index (χ0n) is 10.3. The number of benzene rings is 1. The second-order valence-electron chi connectivity index (χ2n) is 4.54. The first-order valence-corrected chi connectivity index (χ1v) is 6.23. The lowest BCUT2D eigenvalue weighted by atomic mass is 10.0. The van der Waals surface area contributed by atoms with E-state index in [0.717, 1.165) is 11.3 Å². The van der Waals surface area contributed by atoms with E-state index < -0.39 is 0 Å². The van der Waals surface area contributed by atoms with Gasteiger partial charge in [0.15, 0.2) is 0 Å². The van der Waals surface area contributed by atoms with Crippen molar-refractivity contribution < 1.29 is 0 Å². The number of hydrogen-bond donors (Lipinski definition) is 0. The first-order chi connectivity index (χ1) is 8.65. The average molecular weight is 257 g/mol. The third kappa shape index (κ3) is 1.79. The van der Waals surface area contributed by atoms with Crippen LogP contribution in [0, 0.1) is 13.8 Å². The highest BCUT2D eigenvalue weighted by atomic mass is 35.5. The number of rotatable bonds is 1. The molecule has 0 radical (unpaired) electrons. The molecule has 0 aliphatic rings. The van der Waals surface area contributed by atoms with Crippen LogP contribution < -0.4 is 0 Å². The summed E-state index contributed by atoms with van der Waals surface area (Å²) in [5.41, 5.74) is 5.67. The van der Waals surface area contributed by atoms with Crippen LogP contribution >= 0.6 is 11.6 Å². The largest absolute Gasteiger partial charge is 0.298 e. The van der Waals surface area contributed by atoms with Crippen molar-refractivity contribution in [2.45, 2.75) is 13.8 Å². The van der Waals surface area contributed by atoms with Crippen LogP contribution in [0.3, 0.4) is 0 Å². The second-order valence-corrected chi connectivity index (χ2v) is 4.97. The van der Waals surface area contributed by atoms with Crippen LogP contribution in [0.5, 0.6) is 0 Å². The molecule has 18 heavy (non-hydrogen) atoms. The molecule has 0 unspecified atom stereocenters. The molecule has 0 saturated carbocycles. The summed E-state index contributed by atoms with van der Waals surface area (Å²) in [4.78, 5) is 4.41. The van der Waals surface area contributed by atoms with Gasteiger partial charge in [0, 0.05) is 11.8 Å². The van der Waals surface area contributed by atoms with Crippen molar-refractivity contribution in [3.05, 3.63) is 58.9 Å². The summed E-state index contributed by atoms with van der Waals surface area (Å²) in [5.74, 6) is 0. The molecule has 0 atom stereocenters. The van der Waals surface area contributed by atoms with Crippen molar-refractivity contribution in [3.8, 4) is 11.3 Å². The van der Waals surface area contributed by atoms with Crippen LogP contribution in [-0.4, -0.2) is 9.38 Å². The molecule has 0 aliphatic carbocycles. The molecule has 0 bridgehead atoms. The summed E-state index contributed by atoms with van der Waals surface area (Å²) >= 11 is 6.06. The highest BCUT2D eigenvalue weighted by molar-refractivity contribution is 6.30. The fraction of sp³-hybridized carbons (Fsp3) is 0.133. The molecule has 3 rings (SSSR count). The van der Waals surface area contributed by atoms with Gasteiger partial charge in [0.1, 0.15) is 5.65 Å². The molecule has 0 amide bonds. The van der Waals surface area contributed by atoms with Crippen LogP contribution in [0.4, 0.5) is 0 Å². The first kappa shape index (κ1) is 11.3. The standard InChI is InChI=1S/C15H13ClN2/c1-10-3-4-11(2)13(7-10)14-8-17-15-6-5-12(16)9-18(14)15/h3-9H,1-2H3. The number of fused-ring (bicyclic) bond motifs is 1. The van der Waals surface area contributed by atoms with Gasteiger partial charge in [-0.25, -0.2) is 4.98 Å². The maximum atomic E-state index is 6.06. The SMILES string of the molecule is Cc1ccc(C)c(-c2cnc3ccc(Cl)cn23)c1. The molecular weight excluding hydrogens is 244 g/mol. The number of aromatic nitrogens is 2. The Morgan fingerprint density at radius 2 is 1.94 bits per heavy atom. The Labute approximate surface area is 111 Å². The Kier molecular flexibility index (Phi) is 2.60. The average Bonchev–Trinajstić information content (AvgIpc) is 2.75. The fourth-order valence-electron chi connectivity index (χ4n) is 2.17. The summed E-state index contributed by atoms with van der Waals surface area (Å²) in [6.45, 7) is 4.21. The second kappa shape index (κ2) is 4.14. The molecule has 2 aromatic heterocycles. The molecule has 90 valence electrons. The summed E-state index contributed by atoms with van der Waals surface area (Å²) in [6.07, 6.45) is 3.80. The lowest BCUT2D eigenvalue weighted by Gasteiger charge is -2.07. The number of halogens is 1. The molecular formula is C15H13ClN2. The van der Waals surface area contributed by atoms with Gasteiger partial charge in [0.25, 0.3) is 0 Å². The topological polar surface area (TPSA) is 17.3 Å². The van der Waals surface area contributed by atoms with Gasteiger partial charge in [0.2, 0.25) is 0 Å². The maximum Gasteiger partial charge on any atom is 0.137 e. The van der Waals surface area contributed by atoms with Crippen LogP contribution in [0.25, 0.3) is 16.9 Å². The van der Waals surface area contributed by atoms with Gasteiger partial charge in [-0.2, -0.15) is 0 Å². The fourth-order valence-corrected chi connectivity index (χ4v) is 2.33. The van der Waals surface area contributed by atoms with Crippen LogP contribution in [-0.2, 0) is 0 Å². The van der Waals surface area contributed by atoms with Gasteiger partial charge in [-0.3, -0.25) is 4.40 Å². The van der Waals surface area contributed by atoms with Gasteiger partial charge in [-0.1, -0.05) is 29.3 Å². The maximum absolute atomic E-state index is 6.06. The van der Waals surface area contributed by atoms with Gasteiger partial charge >= 0.3 is 0 Å². The molecule has 2 heterocycles. The Balaban J connectivity index is 2.31. The lowest BCUT2D eigenvalue weighted by molar-refractivity contribution is 1.18. The number of hydrogen-bond acceptors (Lipinski definition) is 1. The zero-order valence-corrected chi connectivity index (χ0v) is 11.1. The molecule has 0 saturated heterocycles. The zero-order chi connectivity index (χ0) is 12.7. The van der Waals surface area contributed by atoms with Crippen molar-refractivity contribution in [2.24, 2.45) is 0 Å². The summed E-state index contributed by atoms with van der Waals surface area (Å²) in [6, 6.07) is 10.2. The lowest BCUT2D eigenvalue weighted by Crippen LogP contribution is -1.91. The molecule has 1 aromatic carbocycles. The van der Waals surface area contributed by atoms with E-state index >= 15 is 0 Å². The Morgan fingerprint density at radius 3 is 2.78 bits per heavy atom. The van der Waals surface area contributed by atoms with Gasteiger partial charge in [-0.05, 0) is 37.6 Å². The predicted octanol–water partition coefficient (Wildman–Crippen LogP) is 4.27. The summed E-state index contributed by atoms with van der Waals surface area (Å²) < 4.78 is 2.03. The molecule has 0 spiro atoms.